The molecule has 0 spiro atoms. The molecule has 7 nitrogen and oxygen atoms in total. The van der Waals surface area contributed by atoms with E-state index in [4.69, 9.17) is 0 Å². The van der Waals surface area contributed by atoms with Crippen molar-refractivity contribution in [1.29, 1.82) is 0 Å². The smallest absolute Gasteiger partial charge is 0.280 e. The fraction of sp³-hybridized carbons (Fsp3) is 0.222. The Kier molecular flexibility index (Phi) is 4.92. The second kappa shape index (κ2) is 7.30. The van der Waals surface area contributed by atoms with E-state index in [-0.39, 0.29) is 35.5 Å². The minimum Gasteiger partial charge on any atom is -0.308 e. The molecular formula is C18H18FN5O2. The lowest BCUT2D eigenvalue weighted by Gasteiger charge is -2.07. The second-order valence-electron chi connectivity index (χ2n) is 6.11. The van der Waals surface area contributed by atoms with Crippen molar-refractivity contribution in [2.45, 2.75) is 20.4 Å². The molecule has 8 heteroatoms. The van der Waals surface area contributed by atoms with Crippen molar-refractivity contribution >= 4 is 29.1 Å². The van der Waals surface area contributed by atoms with E-state index in [0.29, 0.717) is 0 Å². The van der Waals surface area contributed by atoms with Gasteiger partial charge in [-0.2, -0.15) is 4.98 Å². The van der Waals surface area contributed by atoms with Gasteiger partial charge in [-0.05, 0) is 11.6 Å². The first-order valence-corrected chi connectivity index (χ1v) is 8.11. The van der Waals surface area contributed by atoms with Gasteiger partial charge in [-0.3, -0.25) is 19.9 Å². The van der Waals surface area contributed by atoms with Gasteiger partial charge in [0.2, 0.25) is 11.9 Å². The molecule has 0 unspecified atom stereocenters. The Labute approximate surface area is 148 Å². The molecule has 2 aromatic heterocycles. The summed E-state index contributed by atoms with van der Waals surface area (Å²) in [4.78, 5) is 34.6. The fourth-order valence-corrected chi connectivity index (χ4v) is 2.33. The van der Waals surface area contributed by atoms with Crippen LogP contribution in [-0.2, 0) is 11.3 Å². The van der Waals surface area contributed by atoms with Gasteiger partial charge < -0.3 is 4.57 Å². The Balaban J connectivity index is 1.92. The van der Waals surface area contributed by atoms with Gasteiger partial charge in [-0.1, -0.05) is 44.2 Å². The normalized spacial score (nSPS) is 11.9. The zero-order chi connectivity index (χ0) is 18.7. The fourth-order valence-electron chi connectivity index (χ4n) is 2.33. The van der Waals surface area contributed by atoms with Crippen LogP contribution in [0.1, 0.15) is 19.4 Å². The van der Waals surface area contributed by atoms with Crippen LogP contribution in [0.2, 0.25) is 0 Å². The Morgan fingerprint density at radius 1 is 1.35 bits per heavy atom. The van der Waals surface area contributed by atoms with Crippen LogP contribution < -0.4 is 10.9 Å². The highest BCUT2D eigenvalue weighted by Crippen LogP contribution is 2.14. The molecule has 0 radical (unpaired) electrons. The molecule has 1 aromatic carbocycles. The molecule has 0 aliphatic carbocycles. The van der Waals surface area contributed by atoms with Crippen molar-refractivity contribution in [3.63, 3.8) is 0 Å². The number of hydrogen-bond donors (Lipinski definition) is 2. The number of nitrogens with zero attached hydrogens (tertiary/aromatic N) is 3. The van der Waals surface area contributed by atoms with Crippen molar-refractivity contribution in [2.75, 3.05) is 5.32 Å². The lowest BCUT2D eigenvalue weighted by molar-refractivity contribution is -0.118. The predicted octanol–water partition coefficient (Wildman–Crippen LogP) is 2.72. The van der Waals surface area contributed by atoms with Gasteiger partial charge in [0.15, 0.2) is 11.2 Å². The lowest BCUT2D eigenvalue weighted by Crippen LogP contribution is -2.22. The predicted molar refractivity (Wildman–Crippen MR) is 97.1 cm³/mol. The number of imidazole rings is 1. The average Bonchev–Trinajstić information content (AvgIpc) is 2.99. The Morgan fingerprint density at radius 3 is 2.77 bits per heavy atom. The van der Waals surface area contributed by atoms with E-state index < -0.39 is 11.4 Å². The number of rotatable bonds is 5. The maximum absolute atomic E-state index is 14.3. The third-order valence-corrected chi connectivity index (χ3v) is 3.69. The van der Waals surface area contributed by atoms with Crippen LogP contribution in [-0.4, -0.2) is 25.4 Å². The van der Waals surface area contributed by atoms with Crippen molar-refractivity contribution in [3.05, 3.63) is 58.4 Å². The third-order valence-electron chi connectivity index (χ3n) is 3.69. The number of aromatic amines is 1. The summed E-state index contributed by atoms with van der Waals surface area (Å²) in [6, 6.07) is 9.05. The lowest BCUT2D eigenvalue weighted by atomic mass is 10.2. The molecule has 2 N–H and O–H groups in total. The molecule has 134 valence electrons. The summed E-state index contributed by atoms with van der Waals surface area (Å²) in [7, 11) is 0. The Bertz CT molecular complexity index is 1020. The van der Waals surface area contributed by atoms with E-state index in [9.17, 15) is 14.0 Å². The number of nitrogens with one attached hydrogen (secondary N) is 2. The number of carbonyl (C=O) groups is 1. The summed E-state index contributed by atoms with van der Waals surface area (Å²) in [6.07, 6.45) is 2.75. The summed E-state index contributed by atoms with van der Waals surface area (Å²) < 4.78 is 15.7. The molecule has 2 heterocycles. The molecule has 26 heavy (non-hydrogen) atoms. The van der Waals surface area contributed by atoms with Gasteiger partial charge in [0, 0.05) is 5.92 Å². The van der Waals surface area contributed by atoms with Gasteiger partial charge in [-0.15, -0.1) is 0 Å². The molecule has 0 saturated heterocycles. The number of fused-ring (bicyclic) bond motifs is 1. The first-order chi connectivity index (χ1) is 12.4. The minimum absolute atomic E-state index is 0.00963. The Morgan fingerprint density at radius 2 is 2.08 bits per heavy atom. The van der Waals surface area contributed by atoms with Gasteiger partial charge in [0.1, 0.15) is 5.83 Å². The quantitative estimate of drug-likeness (QED) is 0.736. The second-order valence-corrected chi connectivity index (χ2v) is 6.11. The van der Waals surface area contributed by atoms with E-state index in [1.807, 2.05) is 18.2 Å². The molecule has 3 aromatic rings. The highest BCUT2D eigenvalue weighted by molar-refractivity contribution is 5.91. The van der Waals surface area contributed by atoms with Crippen molar-refractivity contribution in [3.8, 4) is 0 Å². The zero-order valence-corrected chi connectivity index (χ0v) is 14.4. The van der Waals surface area contributed by atoms with Gasteiger partial charge in [0.25, 0.3) is 5.56 Å². The summed E-state index contributed by atoms with van der Waals surface area (Å²) in [5, 5.41) is 2.53. The molecule has 0 aliphatic rings. The number of hydrogen-bond acceptors (Lipinski definition) is 4. The van der Waals surface area contributed by atoms with E-state index in [1.54, 1.807) is 26.0 Å². The van der Waals surface area contributed by atoms with E-state index in [2.05, 4.69) is 20.3 Å². The number of carbonyl (C=O) groups excluding carboxylic acids is 1. The molecule has 0 bridgehead atoms. The molecular weight excluding hydrogens is 337 g/mol. The highest BCUT2D eigenvalue weighted by atomic mass is 19.1. The molecule has 0 atom stereocenters. The molecule has 0 saturated carbocycles. The molecule has 1 amide bonds. The molecule has 3 rings (SSSR count). The van der Waals surface area contributed by atoms with E-state index in [0.717, 1.165) is 5.56 Å². The summed E-state index contributed by atoms with van der Waals surface area (Å²) >= 11 is 0. The number of halogens is 1. The van der Waals surface area contributed by atoms with Crippen LogP contribution >= 0.6 is 0 Å². The molecule has 0 aliphatic heterocycles. The van der Waals surface area contributed by atoms with Crippen LogP contribution in [0.15, 0.2) is 47.3 Å². The number of benzene rings is 1. The number of aromatic nitrogens is 4. The SMILES string of the molecule is CC(C)C(=O)Nc1nc2c(ncn2C/C(F)=C/c2ccccc2)c(=O)[nH]1. The van der Waals surface area contributed by atoms with E-state index >= 15 is 0 Å². The number of amides is 1. The third kappa shape index (κ3) is 3.85. The standard InChI is InChI=1S/C18H18FN5O2/c1-11(2)16(25)22-18-21-15-14(17(26)23-18)20-10-24(15)9-13(19)8-12-6-4-3-5-7-12/h3-8,10-11H,9H2,1-2H3,(H2,21,22,23,25,26)/b13-8-. The Hall–Kier alpha value is -3.29. The van der Waals surface area contributed by atoms with Crippen LogP contribution in [0.4, 0.5) is 10.3 Å². The monoisotopic (exact) mass is 355 g/mol. The maximum atomic E-state index is 14.3. The number of H-pyrrole nitrogens is 1. The average molecular weight is 355 g/mol. The van der Waals surface area contributed by atoms with Crippen LogP contribution in [0, 0.1) is 5.92 Å². The number of anilines is 1. The van der Waals surface area contributed by atoms with Crippen molar-refractivity contribution < 1.29 is 9.18 Å². The maximum Gasteiger partial charge on any atom is 0.280 e. The minimum atomic E-state index is -0.500. The van der Waals surface area contributed by atoms with Crippen LogP contribution in [0.5, 0.6) is 0 Å². The van der Waals surface area contributed by atoms with Gasteiger partial charge in [-0.25, -0.2) is 9.37 Å². The summed E-state index contributed by atoms with van der Waals surface area (Å²) in [5.41, 5.74) is 0.509. The van der Waals surface area contributed by atoms with Gasteiger partial charge in [0.05, 0.1) is 12.9 Å². The summed E-state index contributed by atoms with van der Waals surface area (Å²) in [5.74, 6) is -0.957. The largest absolute Gasteiger partial charge is 0.308 e. The first-order valence-electron chi connectivity index (χ1n) is 8.11. The topological polar surface area (TPSA) is 92.7 Å². The van der Waals surface area contributed by atoms with Crippen LogP contribution in [0.3, 0.4) is 0 Å². The zero-order valence-electron chi connectivity index (χ0n) is 14.4. The van der Waals surface area contributed by atoms with Crippen molar-refractivity contribution in [1.82, 2.24) is 19.5 Å². The highest BCUT2D eigenvalue weighted by Gasteiger charge is 2.14. The summed E-state index contributed by atoms with van der Waals surface area (Å²) in [6.45, 7) is 3.32. The van der Waals surface area contributed by atoms with Gasteiger partial charge >= 0.3 is 0 Å². The molecule has 0 fully saturated rings. The van der Waals surface area contributed by atoms with Crippen LogP contribution in [0.25, 0.3) is 17.2 Å². The van der Waals surface area contributed by atoms with Crippen molar-refractivity contribution in [2.24, 2.45) is 5.92 Å². The number of allylic oxidation sites excluding steroid dienone is 1. The van der Waals surface area contributed by atoms with E-state index in [1.165, 1.54) is 17.0 Å². The first kappa shape index (κ1) is 17.5.